The molecule has 3 rings (SSSR count). The minimum Gasteiger partial charge on any atom is -0.508 e. The van der Waals surface area contributed by atoms with E-state index in [-0.39, 0.29) is 28.5 Å². The number of nitrogens with one attached hydrogen (secondary N) is 1. The molecule has 8 nitrogen and oxygen atoms in total. The molecule has 10 heteroatoms. The minimum atomic E-state index is -4.02. The molecular weight excluding hydrogens is 524 g/mol. The van der Waals surface area contributed by atoms with Crippen molar-refractivity contribution in [1.82, 2.24) is 5.48 Å². The van der Waals surface area contributed by atoms with E-state index < -0.39 is 15.9 Å². The molecule has 0 radical (unpaired) electrons. The number of ether oxygens (including phenoxy) is 1. The first-order valence-electron chi connectivity index (χ1n) is 9.87. The average Bonchev–Trinajstić information content (AvgIpc) is 2.81. The smallest absolute Gasteiger partial charge is 0.276 e. The molecule has 0 bridgehead atoms. The summed E-state index contributed by atoms with van der Waals surface area (Å²) in [5.74, 6) is 5.39. The normalized spacial score (nSPS) is 10.7. The highest BCUT2D eigenvalue weighted by Crippen LogP contribution is 2.32. The number of anilines is 1. The summed E-state index contributed by atoms with van der Waals surface area (Å²) in [5.41, 5.74) is 2.84. The number of aryl methyl sites for hydroxylation is 1. The largest absolute Gasteiger partial charge is 0.508 e. The van der Waals surface area contributed by atoms with Gasteiger partial charge < -0.3 is 9.84 Å². The third kappa shape index (κ3) is 5.69. The number of benzene rings is 3. The van der Waals surface area contributed by atoms with Crippen LogP contribution in [-0.4, -0.2) is 38.3 Å². The fraction of sp³-hybridized carbons (Fsp3) is 0.125. The predicted octanol–water partition coefficient (Wildman–Crippen LogP) is 3.84. The van der Waals surface area contributed by atoms with Gasteiger partial charge in [0.1, 0.15) is 18.1 Å². The Hall–Kier alpha value is -3.52. The zero-order chi connectivity index (χ0) is 24.9. The van der Waals surface area contributed by atoms with Crippen LogP contribution in [0.15, 0.2) is 70.0 Å². The number of rotatable bonds is 6. The van der Waals surface area contributed by atoms with Gasteiger partial charge in [0.2, 0.25) is 0 Å². The molecule has 34 heavy (non-hydrogen) atoms. The summed E-state index contributed by atoms with van der Waals surface area (Å²) in [6.45, 7) is 1.73. The van der Waals surface area contributed by atoms with Gasteiger partial charge in [-0.2, -0.15) is 0 Å². The van der Waals surface area contributed by atoms with E-state index in [2.05, 4.69) is 27.8 Å². The number of carbonyl (C=O) groups excluding carboxylic acids is 1. The van der Waals surface area contributed by atoms with Crippen LogP contribution in [0.4, 0.5) is 5.69 Å². The maximum Gasteiger partial charge on any atom is 0.276 e. The quantitative estimate of drug-likeness (QED) is 0.246. The Kier molecular flexibility index (Phi) is 7.83. The molecule has 1 amide bonds. The lowest BCUT2D eigenvalue weighted by atomic mass is 10.1. The van der Waals surface area contributed by atoms with Gasteiger partial charge in [-0.05, 0) is 67.1 Å². The van der Waals surface area contributed by atoms with Crippen LogP contribution in [0.2, 0.25) is 0 Å². The Morgan fingerprint density at radius 1 is 1.15 bits per heavy atom. The van der Waals surface area contributed by atoms with Crippen LogP contribution in [0, 0.1) is 18.8 Å². The SMILES string of the molecule is Cc1cc(Br)cc(C(=O)NO)c1N(C)S(=O)(=O)c1ccc(OCC#Cc2cccc(O)c2)cc1. The van der Waals surface area contributed by atoms with Crippen molar-refractivity contribution in [3.63, 3.8) is 0 Å². The van der Waals surface area contributed by atoms with E-state index in [9.17, 15) is 18.3 Å². The number of hydrogen-bond acceptors (Lipinski definition) is 6. The van der Waals surface area contributed by atoms with Crippen molar-refractivity contribution in [2.24, 2.45) is 0 Å². The molecule has 0 aliphatic rings. The lowest BCUT2D eigenvalue weighted by Gasteiger charge is -2.24. The van der Waals surface area contributed by atoms with Crippen molar-refractivity contribution in [3.8, 4) is 23.3 Å². The number of aromatic hydroxyl groups is 1. The molecule has 0 saturated carbocycles. The van der Waals surface area contributed by atoms with Crippen LogP contribution in [0.25, 0.3) is 0 Å². The minimum absolute atomic E-state index is 0.00845. The highest BCUT2D eigenvalue weighted by molar-refractivity contribution is 9.10. The zero-order valence-corrected chi connectivity index (χ0v) is 20.6. The summed E-state index contributed by atoms with van der Waals surface area (Å²) in [5, 5.41) is 18.5. The van der Waals surface area contributed by atoms with E-state index in [1.54, 1.807) is 36.7 Å². The second kappa shape index (κ2) is 10.6. The highest BCUT2D eigenvalue weighted by atomic mass is 79.9. The van der Waals surface area contributed by atoms with Gasteiger partial charge >= 0.3 is 0 Å². The van der Waals surface area contributed by atoms with E-state index in [0.717, 1.165) is 4.31 Å². The van der Waals surface area contributed by atoms with Crippen molar-refractivity contribution in [2.45, 2.75) is 11.8 Å². The third-order valence-electron chi connectivity index (χ3n) is 4.80. The van der Waals surface area contributed by atoms with Crippen molar-refractivity contribution in [2.75, 3.05) is 18.0 Å². The fourth-order valence-corrected chi connectivity index (χ4v) is 5.07. The van der Waals surface area contributed by atoms with E-state index in [1.807, 2.05) is 0 Å². The number of phenols is 1. The molecule has 0 saturated heterocycles. The predicted molar refractivity (Wildman–Crippen MR) is 131 cm³/mol. The van der Waals surface area contributed by atoms with Gasteiger partial charge in [0.25, 0.3) is 15.9 Å². The first kappa shape index (κ1) is 25.1. The first-order chi connectivity index (χ1) is 16.1. The van der Waals surface area contributed by atoms with Crippen LogP contribution < -0.4 is 14.5 Å². The van der Waals surface area contributed by atoms with Crippen LogP contribution in [-0.2, 0) is 10.0 Å². The standard InChI is InChI=1S/C24H21BrN2O6S/c1-16-13-18(25)15-22(24(29)26-30)23(16)27(2)34(31,32)21-10-8-20(9-11-21)33-12-4-6-17-5-3-7-19(28)14-17/h3,5,7-11,13-15,28,30H,12H2,1-2H3,(H,26,29). The monoisotopic (exact) mass is 544 g/mol. The second-order valence-corrected chi connectivity index (χ2v) is 10.0. The number of halogens is 1. The molecule has 0 aromatic heterocycles. The number of amides is 1. The van der Waals surface area contributed by atoms with Gasteiger partial charge in [-0.3, -0.25) is 14.3 Å². The number of nitrogens with zero attached hydrogens (tertiary/aromatic N) is 1. The van der Waals surface area contributed by atoms with E-state index in [0.29, 0.717) is 21.3 Å². The third-order valence-corrected chi connectivity index (χ3v) is 7.03. The molecule has 3 aromatic rings. The van der Waals surface area contributed by atoms with Crippen LogP contribution in [0.3, 0.4) is 0 Å². The van der Waals surface area contributed by atoms with Gasteiger partial charge in [0.15, 0.2) is 0 Å². The summed E-state index contributed by atoms with van der Waals surface area (Å²) in [6.07, 6.45) is 0. The number of hydroxylamine groups is 1. The van der Waals surface area contributed by atoms with Crippen LogP contribution in [0.1, 0.15) is 21.5 Å². The van der Waals surface area contributed by atoms with Gasteiger partial charge in [-0.15, -0.1) is 0 Å². The Bertz CT molecular complexity index is 1380. The van der Waals surface area contributed by atoms with E-state index in [4.69, 9.17) is 9.94 Å². The number of hydrogen-bond donors (Lipinski definition) is 3. The van der Waals surface area contributed by atoms with E-state index in [1.165, 1.54) is 43.4 Å². The molecule has 3 aromatic carbocycles. The summed E-state index contributed by atoms with van der Waals surface area (Å²) < 4.78 is 33.5. The van der Waals surface area contributed by atoms with Crippen LogP contribution >= 0.6 is 15.9 Å². The fourth-order valence-electron chi connectivity index (χ4n) is 3.21. The lowest BCUT2D eigenvalue weighted by Crippen LogP contribution is -2.30. The molecule has 3 N–H and O–H groups in total. The van der Waals surface area contributed by atoms with Gasteiger partial charge in [-0.25, -0.2) is 13.9 Å². The number of phenolic OH excluding ortho intramolecular Hbond substituents is 1. The van der Waals surface area contributed by atoms with Crippen molar-refractivity contribution in [1.29, 1.82) is 0 Å². The van der Waals surface area contributed by atoms with Crippen LogP contribution in [0.5, 0.6) is 11.5 Å². The highest BCUT2D eigenvalue weighted by Gasteiger charge is 2.27. The first-order valence-corrected chi connectivity index (χ1v) is 12.1. The Labute approximate surface area is 205 Å². The van der Waals surface area contributed by atoms with E-state index >= 15 is 0 Å². The molecule has 0 fully saturated rings. The molecule has 0 aliphatic carbocycles. The molecule has 0 heterocycles. The zero-order valence-electron chi connectivity index (χ0n) is 18.2. The van der Waals surface area contributed by atoms with Crippen molar-refractivity contribution >= 4 is 37.5 Å². The molecule has 0 atom stereocenters. The Balaban J connectivity index is 1.78. The van der Waals surface area contributed by atoms with Crippen molar-refractivity contribution < 1.29 is 28.3 Å². The van der Waals surface area contributed by atoms with Crippen molar-refractivity contribution in [3.05, 3.63) is 81.8 Å². The maximum absolute atomic E-state index is 13.2. The molecule has 0 aliphatic heterocycles. The van der Waals surface area contributed by atoms with Gasteiger partial charge in [0, 0.05) is 17.1 Å². The van der Waals surface area contributed by atoms with Gasteiger partial charge in [-0.1, -0.05) is 33.8 Å². The Morgan fingerprint density at radius 3 is 2.50 bits per heavy atom. The number of sulfonamides is 1. The second-order valence-electron chi connectivity index (χ2n) is 7.14. The molecule has 0 spiro atoms. The Morgan fingerprint density at radius 2 is 1.85 bits per heavy atom. The summed E-state index contributed by atoms with van der Waals surface area (Å²) in [7, 11) is -2.69. The molecule has 176 valence electrons. The topological polar surface area (TPSA) is 116 Å². The molecular formula is C24H21BrN2O6S. The number of carbonyl (C=O) groups is 1. The van der Waals surface area contributed by atoms with Gasteiger partial charge in [0.05, 0.1) is 16.1 Å². The summed E-state index contributed by atoms with van der Waals surface area (Å²) in [4.78, 5) is 12.1. The summed E-state index contributed by atoms with van der Waals surface area (Å²) in [6, 6.07) is 15.4. The molecule has 0 unspecified atom stereocenters. The maximum atomic E-state index is 13.2. The lowest BCUT2D eigenvalue weighted by molar-refractivity contribution is 0.0707. The average molecular weight is 545 g/mol. The summed E-state index contributed by atoms with van der Waals surface area (Å²) >= 11 is 3.28.